The topological polar surface area (TPSA) is 64.9 Å². The second kappa shape index (κ2) is 9.15. The summed E-state index contributed by atoms with van der Waals surface area (Å²) in [5.41, 5.74) is 4.69. The van der Waals surface area contributed by atoms with Gasteiger partial charge in [-0.15, -0.1) is 0 Å². The van der Waals surface area contributed by atoms with E-state index >= 15 is 0 Å². The molecule has 184 valence electrons. The Labute approximate surface area is 215 Å². The number of benzene rings is 3. The third-order valence-corrected chi connectivity index (χ3v) is 7.45. The summed E-state index contributed by atoms with van der Waals surface area (Å²) in [6, 6.07) is 15.8. The van der Waals surface area contributed by atoms with E-state index in [9.17, 15) is 4.79 Å². The van der Waals surface area contributed by atoms with Gasteiger partial charge in [-0.2, -0.15) is 0 Å². The molecule has 1 saturated heterocycles. The van der Waals surface area contributed by atoms with E-state index in [1.165, 1.54) is 0 Å². The quantitative estimate of drug-likeness (QED) is 0.384. The minimum Gasteiger partial charge on any atom is -0.441 e. The molecule has 1 fully saturated rings. The highest BCUT2D eigenvalue weighted by Crippen LogP contribution is 2.39. The standard InChI is InChI=1S/C28H28ClN5O2/c1-18-17-30-27(36-18)22-7-3-6-21-20(22)5-4-8-24(21)31-28(35)34-10-9-19-15-23(29)26(16-25(19)34)33-13-11-32(2)12-14-33/h3-8,15-17H,9-14H2,1-2H3,(H,31,35). The number of nitrogens with one attached hydrogen (secondary N) is 1. The summed E-state index contributed by atoms with van der Waals surface area (Å²) in [5.74, 6) is 1.33. The van der Waals surface area contributed by atoms with Crippen molar-refractivity contribution in [3.05, 3.63) is 71.1 Å². The molecule has 3 heterocycles. The molecule has 0 bridgehead atoms. The van der Waals surface area contributed by atoms with E-state index < -0.39 is 0 Å². The number of hydrogen-bond donors (Lipinski definition) is 1. The summed E-state index contributed by atoms with van der Waals surface area (Å²) >= 11 is 6.68. The molecule has 4 aromatic rings. The van der Waals surface area contributed by atoms with E-state index in [1.807, 2.05) is 54.3 Å². The van der Waals surface area contributed by atoms with Crippen molar-refractivity contribution in [3.8, 4) is 11.5 Å². The molecule has 0 saturated carbocycles. The summed E-state index contributed by atoms with van der Waals surface area (Å²) in [5, 5.41) is 5.82. The lowest BCUT2D eigenvalue weighted by atomic mass is 10.0. The number of carbonyl (C=O) groups is 1. The molecule has 7 nitrogen and oxygen atoms in total. The third kappa shape index (κ3) is 4.08. The van der Waals surface area contributed by atoms with E-state index in [0.29, 0.717) is 12.4 Å². The van der Waals surface area contributed by atoms with Gasteiger partial charge in [-0.05, 0) is 55.6 Å². The number of oxazole rings is 1. The Morgan fingerprint density at radius 3 is 2.56 bits per heavy atom. The number of carbonyl (C=O) groups excluding carboxylic acids is 1. The van der Waals surface area contributed by atoms with Crippen molar-refractivity contribution in [2.45, 2.75) is 13.3 Å². The number of aryl methyl sites for hydroxylation is 1. The average Bonchev–Trinajstić information content (AvgIpc) is 3.50. The fraction of sp³-hybridized carbons (Fsp3) is 0.286. The Balaban J connectivity index is 1.29. The number of likely N-dealkylation sites (N-methyl/N-ethyl adjacent to an activating group) is 1. The third-order valence-electron chi connectivity index (χ3n) is 7.15. The van der Waals surface area contributed by atoms with Gasteiger partial charge >= 0.3 is 6.03 Å². The van der Waals surface area contributed by atoms with E-state index in [1.54, 1.807) is 6.20 Å². The summed E-state index contributed by atoms with van der Waals surface area (Å²) in [7, 11) is 2.14. The lowest BCUT2D eigenvalue weighted by molar-refractivity contribution is 0.257. The second-order valence-corrected chi connectivity index (χ2v) is 9.94. The maximum atomic E-state index is 13.5. The van der Waals surface area contributed by atoms with Crippen LogP contribution in [0, 0.1) is 6.92 Å². The molecule has 36 heavy (non-hydrogen) atoms. The van der Waals surface area contributed by atoms with Gasteiger partial charge in [-0.25, -0.2) is 9.78 Å². The minimum absolute atomic E-state index is 0.148. The van der Waals surface area contributed by atoms with Crippen LogP contribution in [0.4, 0.5) is 21.9 Å². The first kappa shape index (κ1) is 22.9. The first-order chi connectivity index (χ1) is 17.5. The van der Waals surface area contributed by atoms with Crippen LogP contribution in [0.25, 0.3) is 22.2 Å². The summed E-state index contributed by atoms with van der Waals surface area (Å²) in [6.45, 7) is 6.33. The first-order valence-corrected chi connectivity index (χ1v) is 12.6. The molecular formula is C28H28ClN5O2. The number of amides is 2. The van der Waals surface area contributed by atoms with E-state index in [-0.39, 0.29) is 6.03 Å². The maximum absolute atomic E-state index is 13.5. The molecule has 0 radical (unpaired) electrons. The van der Waals surface area contributed by atoms with Crippen molar-refractivity contribution in [2.75, 3.05) is 54.9 Å². The monoisotopic (exact) mass is 501 g/mol. The van der Waals surface area contributed by atoms with Crippen LogP contribution >= 0.6 is 11.6 Å². The number of anilines is 3. The van der Waals surface area contributed by atoms with Gasteiger partial charge in [0.2, 0.25) is 5.89 Å². The van der Waals surface area contributed by atoms with Crippen LogP contribution in [0.2, 0.25) is 5.02 Å². The smallest absolute Gasteiger partial charge is 0.326 e. The Hall–Kier alpha value is -3.55. The molecule has 1 aromatic heterocycles. The number of halogens is 1. The number of aromatic nitrogens is 1. The Kier molecular flexibility index (Phi) is 5.82. The lowest BCUT2D eigenvalue weighted by Gasteiger charge is -2.35. The first-order valence-electron chi connectivity index (χ1n) is 12.3. The van der Waals surface area contributed by atoms with Gasteiger partial charge in [0.05, 0.1) is 28.3 Å². The van der Waals surface area contributed by atoms with E-state index in [4.69, 9.17) is 16.0 Å². The molecule has 3 aromatic carbocycles. The Morgan fingerprint density at radius 2 is 1.78 bits per heavy atom. The normalized spacial score (nSPS) is 16.0. The average molecular weight is 502 g/mol. The highest BCUT2D eigenvalue weighted by molar-refractivity contribution is 6.33. The Bertz CT molecular complexity index is 1460. The summed E-state index contributed by atoms with van der Waals surface area (Å²) < 4.78 is 5.77. The number of rotatable bonds is 3. The van der Waals surface area contributed by atoms with Crippen molar-refractivity contribution in [1.82, 2.24) is 9.88 Å². The van der Waals surface area contributed by atoms with Crippen LogP contribution in [0.15, 0.2) is 59.1 Å². The van der Waals surface area contributed by atoms with Crippen molar-refractivity contribution < 1.29 is 9.21 Å². The van der Waals surface area contributed by atoms with Gasteiger partial charge in [0.25, 0.3) is 0 Å². The predicted molar refractivity (Wildman–Crippen MR) is 145 cm³/mol. The molecule has 6 rings (SSSR count). The largest absolute Gasteiger partial charge is 0.441 e. The SMILES string of the molecule is Cc1cnc(-c2cccc3c(NC(=O)N4CCc5cc(Cl)c(N6CCN(C)CC6)cc54)cccc23)o1. The highest BCUT2D eigenvalue weighted by Gasteiger charge is 2.28. The van der Waals surface area contributed by atoms with Crippen LogP contribution in [0.1, 0.15) is 11.3 Å². The molecule has 1 N–H and O–H groups in total. The number of hydrogen-bond acceptors (Lipinski definition) is 5. The summed E-state index contributed by atoms with van der Waals surface area (Å²) in [4.78, 5) is 24.4. The van der Waals surface area contributed by atoms with Crippen LogP contribution < -0.4 is 15.1 Å². The molecular weight excluding hydrogens is 474 g/mol. The molecule has 2 aliphatic heterocycles. The minimum atomic E-state index is -0.148. The molecule has 0 atom stereocenters. The second-order valence-electron chi connectivity index (χ2n) is 9.54. The molecule has 2 aliphatic rings. The van der Waals surface area contributed by atoms with E-state index in [2.05, 4.69) is 33.2 Å². The van der Waals surface area contributed by atoms with Crippen molar-refractivity contribution in [1.29, 1.82) is 0 Å². The number of nitrogens with zero attached hydrogens (tertiary/aromatic N) is 4. The van der Waals surface area contributed by atoms with Crippen LogP contribution in [0.3, 0.4) is 0 Å². The van der Waals surface area contributed by atoms with Crippen LogP contribution in [-0.2, 0) is 6.42 Å². The lowest BCUT2D eigenvalue weighted by Crippen LogP contribution is -2.44. The van der Waals surface area contributed by atoms with Crippen molar-refractivity contribution >= 4 is 45.5 Å². The molecule has 0 unspecified atom stereocenters. The maximum Gasteiger partial charge on any atom is 0.326 e. The number of fused-ring (bicyclic) bond motifs is 2. The molecule has 0 spiro atoms. The molecule has 2 amide bonds. The van der Waals surface area contributed by atoms with Gasteiger partial charge in [0.1, 0.15) is 5.76 Å². The van der Waals surface area contributed by atoms with Crippen LogP contribution in [-0.4, -0.2) is 55.7 Å². The number of urea groups is 1. The zero-order chi connectivity index (χ0) is 24.8. The van der Waals surface area contributed by atoms with Crippen molar-refractivity contribution in [2.24, 2.45) is 0 Å². The van der Waals surface area contributed by atoms with E-state index in [0.717, 1.165) is 82.3 Å². The van der Waals surface area contributed by atoms with Gasteiger partial charge in [0, 0.05) is 43.7 Å². The van der Waals surface area contributed by atoms with Crippen LogP contribution in [0.5, 0.6) is 0 Å². The fourth-order valence-corrected chi connectivity index (χ4v) is 5.47. The van der Waals surface area contributed by atoms with Gasteiger partial charge < -0.3 is 19.5 Å². The molecule has 0 aliphatic carbocycles. The van der Waals surface area contributed by atoms with Gasteiger partial charge in [0.15, 0.2) is 0 Å². The van der Waals surface area contributed by atoms with Gasteiger partial charge in [-0.3, -0.25) is 4.90 Å². The molecule has 8 heteroatoms. The van der Waals surface area contributed by atoms with Crippen molar-refractivity contribution in [3.63, 3.8) is 0 Å². The predicted octanol–water partition coefficient (Wildman–Crippen LogP) is 5.80. The fourth-order valence-electron chi connectivity index (χ4n) is 5.16. The van der Waals surface area contributed by atoms with Gasteiger partial charge in [-0.1, -0.05) is 35.9 Å². The number of piperazine rings is 1. The summed E-state index contributed by atoms with van der Waals surface area (Å²) in [6.07, 6.45) is 2.50. The zero-order valence-electron chi connectivity index (χ0n) is 20.4. The Morgan fingerprint density at radius 1 is 1.00 bits per heavy atom. The zero-order valence-corrected chi connectivity index (χ0v) is 21.2. The highest BCUT2D eigenvalue weighted by atomic mass is 35.5.